The Morgan fingerprint density at radius 2 is 1.82 bits per heavy atom. The number of hydrogen-bond acceptors (Lipinski definition) is 12. The molecule has 0 bridgehead atoms. The van der Waals surface area contributed by atoms with E-state index in [-0.39, 0.29) is 23.3 Å². The van der Waals surface area contributed by atoms with Gasteiger partial charge in [0.15, 0.2) is 17.0 Å². The fourth-order valence-corrected chi connectivity index (χ4v) is 7.03. The van der Waals surface area contributed by atoms with Crippen LogP contribution in [0, 0.1) is 16.7 Å². The quantitative estimate of drug-likeness (QED) is 0.237. The second kappa shape index (κ2) is 9.76. The summed E-state index contributed by atoms with van der Waals surface area (Å²) < 4.78 is 6.09. The van der Waals surface area contributed by atoms with Crippen LogP contribution in [0.5, 0.6) is 5.75 Å². The first-order valence-electron chi connectivity index (χ1n) is 14.0. The molecule has 2 aromatic rings. The number of amides is 1. The van der Waals surface area contributed by atoms with E-state index >= 15 is 0 Å². The molecule has 10 N–H and O–H groups in total. The molecule has 4 atom stereocenters. The zero-order chi connectivity index (χ0) is 32.7. The standard InChI is InChI=1S/C31H36N6O7/c1-28(2,3)36-11-14-6-9-18(44-14)15-7-8-17(38)19-16(15)10-29(34)12-31(35)24(37(4)5)23(40)20(27(33)43)25(41)30(31,13-32)26(42)21(29)22(19)39/h6-9,24,36,38-39,41H,10-12,34-35H2,1-5H3,(H2,33,43)/t24-,29-,30+,31-/m1/s1. The van der Waals surface area contributed by atoms with Crippen LogP contribution in [-0.2, 0) is 27.3 Å². The maximum absolute atomic E-state index is 14.5. The third-order valence-corrected chi connectivity index (χ3v) is 8.85. The molecule has 0 radical (unpaired) electrons. The number of phenols is 1. The number of hydrogen-bond donors (Lipinski definition) is 7. The van der Waals surface area contributed by atoms with Crippen molar-refractivity contribution in [2.45, 2.75) is 62.8 Å². The van der Waals surface area contributed by atoms with Crippen molar-refractivity contribution < 1.29 is 34.1 Å². The Balaban J connectivity index is 1.75. The van der Waals surface area contributed by atoms with Gasteiger partial charge >= 0.3 is 0 Å². The van der Waals surface area contributed by atoms with Crippen LogP contribution < -0.4 is 22.5 Å². The lowest BCUT2D eigenvalue weighted by Crippen LogP contribution is -2.80. The minimum atomic E-state index is -2.72. The van der Waals surface area contributed by atoms with E-state index < -0.39 is 69.1 Å². The number of fused-ring (bicyclic) bond motifs is 3. The summed E-state index contributed by atoms with van der Waals surface area (Å²) in [4.78, 5) is 41.7. The predicted molar refractivity (Wildman–Crippen MR) is 158 cm³/mol. The number of nitrogens with one attached hydrogen (secondary N) is 1. The molecule has 1 aromatic carbocycles. The largest absolute Gasteiger partial charge is 0.509 e. The molecule has 13 nitrogen and oxygen atoms in total. The summed E-state index contributed by atoms with van der Waals surface area (Å²) in [5, 5.41) is 47.7. The molecule has 1 saturated carbocycles. The van der Waals surface area contributed by atoms with Crippen molar-refractivity contribution in [2.75, 3.05) is 14.1 Å². The number of Topliss-reactive ketones (excluding diaryl/α,β-unsaturated/α-hetero) is 2. The number of aliphatic hydroxyl groups excluding tert-OH is 2. The minimum Gasteiger partial charge on any atom is -0.509 e. The van der Waals surface area contributed by atoms with E-state index in [1.54, 1.807) is 24.3 Å². The number of aromatic hydroxyl groups is 1. The lowest BCUT2D eigenvalue weighted by molar-refractivity contribution is -0.139. The highest BCUT2D eigenvalue weighted by atomic mass is 16.3. The highest BCUT2D eigenvalue weighted by Crippen LogP contribution is 2.58. The topological polar surface area (TPSA) is 242 Å². The van der Waals surface area contributed by atoms with Crippen LogP contribution in [0.4, 0.5) is 0 Å². The van der Waals surface area contributed by atoms with Crippen LogP contribution in [0.2, 0.25) is 0 Å². The first-order valence-corrected chi connectivity index (χ1v) is 14.0. The van der Waals surface area contributed by atoms with E-state index in [4.69, 9.17) is 21.6 Å². The zero-order valence-corrected chi connectivity index (χ0v) is 25.1. The Labute approximate surface area is 253 Å². The first-order chi connectivity index (χ1) is 20.3. The van der Waals surface area contributed by atoms with E-state index in [9.17, 15) is 35.0 Å². The molecule has 1 fully saturated rings. The maximum atomic E-state index is 14.5. The average Bonchev–Trinajstić information content (AvgIpc) is 3.35. The molecule has 5 rings (SSSR count). The van der Waals surface area contributed by atoms with Gasteiger partial charge in [-0.3, -0.25) is 19.3 Å². The zero-order valence-electron chi connectivity index (χ0n) is 25.1. The number of primary amides is 1. The number of rotatable bonds is 5. The van der Waals surface area contributed by atoms with Crippen LogP contribution in [-0.4, -0.2) is 74.4 Å². The van der Waals surface area contributed by atoms with Gasteiger partial charge in [0.05, 0.1) is 40.9 Å². The molecule has 1 aromatic heterocycles. The molecular weight excluding hydrogens is 568 g/mol. The fraction of sp³-hybridized carbons (Fsp3) is 0.419. The van der Waals surface area contributed by atoms with Gasteiger partial charge in [-0.25, -0.2) is 0 Å². The van der Waals surface area contributed by atoms with Gasteiger partial charge in [0.1, 0.15) is 34.4 Å². The van der Waals surface area contributed by atoms with Crippen molar-refractivity contribution in [2.24, 2.45) is 22.6 Å². The third kappa shape index (κ3) is 4.10. The van der Waals surface area contributed by atoms with Crippen molar-refractivity contribution in [3.8, 4) is 23.1 Å². The molecule has 0 saturated heterocycles. The Morgan fingerprint density at radius 3 is 2.39 bits per heavy atom. The first kappa shape index (κ1) is 31.0. The number of furan rings is 1. The molecule has 3 aliphatic rings. The van der Waals surface area contributed by atoms with E-state index in [0.717, 1.165) is 0 Å². The number of likely N-dealkylation sites (N-methyl/N-ethyl adjacent to an activating group) is 1. The average molecular weight is 605 g/mol. The van der Waals surface area contributed by atoms with Gasteiger partial charge in [0.2, 0.25) is 0 Å². The van der Waals surface area contributed by atoms with Crippen LogP contribution in [0.1, 0.15) is 44.1 Å². The summed E-state index contributed by atoms with van der Waals surface area (Å²) >= 11 is 0. The van der Waals surface area contributed by atoms with Crippen LogP contribution in [0.25, 0.3) is 17.1 Å². The van der Waals surface area contributed by atoms with Crippen molar-refractivity contribution in [3.05, 3.63) is 58.1 Å². The second-order valence-corrected chi connectivity index (χ2v) is 13.1. The second-order valence-electron chi connectivity index (χ2n) is 13.1. The van der Waals surface area contributed by atoms with Crippen LogP contribution >= 0.6 is 0 Å². The molecule has 0 unspecified atom stereocenters. The number of nitrogens with two attached hydrogens (primary N) is 3. The number of ketones is 2. The van der Waals surface area contributed by atoms with Crippen LogP contribution in [0.15, 0.2) is 45.6 Å². The van der Waals surface area contributed by atoms with Gasteiger partial charge in [-0.1, -0.05) is 0 Å². The molecule has 232 valence electrons. The molecule has 1 amide bonds. The fourth-order valence-electron chi connectivity index (χ4n) is 7.03. The van der Waals surface area contributed by atoms with Crippen molar-refractivity contribution >= 4 is 23.2 Å². The lowest BCUT2D eigenvalue weighted by atomic mass is 9.47. The van der Waals surface area contributed by atoms with Gasteiger partial charge in [-0.2, -0.15) is 5.26 Å². The van der Waals surface area contributed by atoms with E-state index in [1.165, 1.54) is 25.1 Å². The Morgan fingerprint density at radius 1 is 1.16 bits per heavy atom. The van der Waals surface area contributed by atoms with Gasteiger partial charge < -0.3 is 42.3 Å². The highest BCUT2D eigenvalue weighted by molar-refractivity contribution is 6.25. The summed E-state index contributed by atoms with van der Waals surface area (Å²) in [5.41, 5.74) is 11.7. The minimum absolute atomic E-state index is 0.107. The van der Waals surface area contributed by atoms with Gasteiger partial charge in [0, 0.05) is 11.1 Å². The molecule has 3 aliphatic carbocycles. The summed E-state index contributed by atoms with van der Waals surface area (Å²) in [6.45, 7) is 6.48. The SMILES string of the molecule is CN(C)[C@@H]1C(=O)C(C(N)=O)=C(O)[C@@]2(C#N)C(=O)C3=C(O)c4c(O)ccc(-c5ccc(CNC(C)(C)C)o5)c4C[C@@]3(N)C[C@@]12N. The Hall–Kier alpha value is -4.48. The van der Waals surface area contributed by atoms with Crippen molar-refractivity contribution in [1.82, 2.24) is 10.2 Å². The number of carbonyl (C=O) groups is 3. The molecule has 13 heteroatoms. The Kier molecular flexibility index (Phi) is 6.87. The number of carbonyl (C=O) groups excluding carboxylic acids is 3. The monoisotopic (exact) mass is 604 g/mol. The van der Waals surface area contributed by atoms with Crippen LogP contribution in [0.3, 0.4) is 0 Å². The van der Waals surface area contributed by atoms with E-state index in [1.807, 2.05) is 20.8 Å². The normalized spacial score (nSPS) is 28.5. The molecule has 0 spiro atoms. The number of nitrogens with zero attached hydrogens (tertiary/aromatic N) is 2. The number of phenolic OH excluding ortho intramolecular Hbond substituents is 1. The van der Waals surface area contributed by atoms with Gasteiger partial charge in [0.25, 0.3) is 5.91 Å². The Bertz CT molecular complexity index is 1740. The van der Waals surface area contributed by atoms with E-state index in [2.05, 4.69) is 5.32 Å². The lowest BCUT2D eigenvalue weighted by Gasteiger charge is -2.58. The number of aliphatic hydroxyl groups is 2. The molecule has 0 aliphatic heterocycles. The molecular formula is C31H36N6O7. The third-order valence-electron chi connectivity index (χ3n) is 8.85. The van der Waals surface area contributed by atoms with Gasteiger partial charge in [-0.15, -0.1) is 0 Å². The molecule has 1 heterocycles. The molecule has 44 heavy (non-hydrogen) atoms. The summed E-state index contributed by atoms with van der Waals surface area (Å²) in [6.07, 6.45) is -0.633. The number of benzene rings is 1. The number of nitriles is 1. The van der Waals surface area contributed by atoms with Crippen molar-refractivity contribution in [1.29, 1.82) is 5.26 Å². The summed E-state index contributed by atoms with van der Waals surface area (Å²) in [5.74, 6) is -4.76. The summed E-state index contributed by atoms with van der Waals surface area (Å²) in [6, 6.07) is 6.73. The maximum Gasteiger partial charge on any atom is 0.255 e. The van der Waals surface area contributed by atoms with Gasteiger partial charge in [-0.05, 0) is 77.5 Å². The predicted octanol–water partition coefficient (Wildman–Crippen LogP) is 1.05. The van der Waals surface area contributed by atoms with E-state index in [0.29, 0.717) is 29.2 Å². The van der Waals surface area contributed by atoms with Crippen molar-refractivity contribution in [3.63, 3.8) is 0 Å². The highest BCUT2D eigenvalue weighted by Gasteiger charge is 2.74. The summed E-state index contributed by atoms with van der Waals surface area (Å²) in [7, 11) is 2.93. The smallest absolute Gasteiger partial charge is 0.255 e.